The normalized spacial score (nSPS) is 11.9. The van der Waals surface area contributed by atoms with Crippen LogP contribution in [0.3, 0.4) is 0 Å². The molecule has 0 unspecified atom stereocenters. The van der Waals surface area contributed by atoms with Crippen molar-refractivity contribution in [2.45, 2.75) is 31.5 Å². The summed E-state index contributed by atoms with van der Waals surface area (Å²) in [7, 11) is -3.55. The molecule has 114 valence electrons. The molecule has 0 aliphatic heterocycles. The van der Waals surface area contributed by atoms with Crippen LogP contribution in [0.25, 0.3) is 0 Å². The lowest BCUT2D eigenvalue weighted by atomic mass is 10.3. The van der Waals surface area contributed by atoms with Gasteiger partial charge in [-0.1, -0.05) is 19.9 Å². The second kappa shape index (κ2) is 8.51. The summed E-state index contributed by atoms with van der Waals surface area (Å²) in [4.78, 5) is 0. The highest BCUT2D eigenvalue weighted by atomic mass is 32.2. The maximum atomic E-state index is 12.0. The van der Waals surface area contributed by atoms with E-state index in [9.17, 15) is 8.42 Å². The number of sulfonamides is 1. The van der Waals surface area contributed by atoms with Crippen molar-refractivity contribution in [2.24, 2.45) is 0 Å². The fourth-order valence-electron chi connectivity index (χ4n) is 1.39. The molecule has 5 nitrogen and oxygen atoms in total. The van der Waals surface area contributed by atoms with Gasteiger partial charge in [0.2, 0.25) is 5.09 Å². The van der Waals surface area contributed by atoms with Crippen LogP contribution >= 0.6 is 11.8 Å². The summed E-state index contributed by atoms with van der Waals surface area (Å²) in [5.74, 6) is 2.13. The number of hydrogen-bond acceptors (Lipinski definition) is 5. The highest BCUT2D eigenvalue weighted by Crippen LogP contribution is 2.13. The molecule has 1 heterocycles. The van der Waals surface area contributed by atoms with Gasteiger partial charge in [-0.2, -0.15) is 11.8 Å². The third-order valence-electron chi connectivity index (χ3n) is 2.36. The molecule has 1 aromatic heterocycles. The molecule has 0 bridgehead atoms. The molecule has 0 radical (unpaired) electrons. The van der Waals surface area contributed by atoms with Gasteiger partial charge in [0.15, 0.2) is 0 Å². The van der Waals surface area contributed by atoms with Crippen LogP contribution in [0.4, 0.5) is 0 Å². The SMILES string of the molecule is C=CCSCCNS(=O)(=O)c1ccc(CNC(C)C)o1. The predicted octanol–water partition coefficient (Wildman–Crippen LogP) is 1.98. The smallest absolute Gasteiger partial charge is 0.273 e. The van der Waals surface area contributed by atoms with Crippen LogP contribution in [0.2, 0.25) is 0 Å². The Morgan fingerprint density at radius 3 is 2.85 bits per heavy atom. The largest absolute Gasteiger partial charge is 0.447 e. The van der Waals surface area contributed by atoms with Gasteiger partial charge >= 0.3 is 0 Å². The lowest BCUT2D eigenvalue weighted by Crippen LogP contribution is -2.25. The van der Waals surface area contributed by atoms with E-state index in [2.05, 4.69) is 16.6 Å². The second-order valence-corrected chi connectivity index (χ2v) is 7.37. The van der Waals surface area contributed by atoms with E-state index in [1.807, 2.05) is 13.8 Å². The van der Waals surface area contributed by atoms with E-state index in [1.54, 1.807) is 23.9 Å². The van der Waals surface area contributed by atoms with Crippen molar-refractivity contribution < 1.29 is 12.8 Å². The van der Waals surface area contributed by atoms with Gasteiger partial charge in [0, 0.05) is 24.1 Å². The minimum absolute atomic E-state index is 0.0354. The van der Waals surface area contributed by atoms with Crippen LogP contribution in [0.5, 0.6) is 0 Å². The molecule has 0 spiro atoms. The van der Waals surface area contributed by atoms with Crippen LogP contribution in [-0.4, -0.2) is 32.5 Å². The molecular formula is C13H22N2O3S2. The second-order valence-electron chi connectivity index (χ2n) is 4.52. The molecule has 0 amide bonds. The maximum Gasteiger partial charge on any atom is 0.273 e. The molecule has 0 fully saturated rings. The standard InChI is InChI=1S/C13H22N2O3S2/c1-4-8-19-9-7-15-20(16,17)13-6-5-12(18-13)10-14-11(2)3/h4-6,11,14-15H,1,7-10H2,2-3H3. The average molecular weight is 318 g/mol. The summed E-state index contributed by atoms with van der Waals surface area (Å²) in [6.07, 6.45) is 1.79. The van der Waals surface area contributed by atoms with Crippen molar-refractivity contribution in [1.29, 1.82) is 0 Å². The first-order chi connectivity index (χ1) is 9.45. The first-order valence-corrected chi connectivity index (χ1v) is 9.10. The molecule has 0 aromatic carbocycles. The molecule has 0 atom stereocenters. The summed E-state index contributed by atoms with van der Waals surface area (Å²) in [5.41, 5.74) is 0. The zero-order valence-corrected chi connectivity index (χ0v) is 13.5. The Balaban J connectivity index is 2.48. The van der Waals surface area contributed by atoms with E-state index in [0.717, 1.165) is 5.75 Å². The van der Waals surface area contributed by atoms with Crippen molar-refractivity contribution in [3.63, 3.8) is 0 Å². The Bertz CT molecular complexity index is 509. The van der Waals surface area contributed by atoms with Crippen molar-refractivity contribution in [2.75, 3.05) is 18.1 Å². The molecule has 7 heteroatoms. The Morgan fingerprint density at radius 2 is 2.20 bits per heavy atom. The Labute approximate surface area is 125 Å². The van der Waals surface area contributed by atoms with E-state index in [4.69, 9.17) is 4.42 Å². The average Bonchev–Trinajstić information content (AvgIpc) is 2.85. The highest BCUT2D eigenvalue weighted by molar-refractivity contribution is 7.99. The van der Waals surface area contributed by atoms with Crippen molar-refractivity contribution in [1.82, 2.24) is 10.0 Å². The van der Waals surface area contributed by atoms with Gasteiger partial charge in [-0.15, -0.1) is 6.58 Å². The number of nitrogens with one attached hydrogen (secondary N) is 2. The van der Waals surface area contributed by atoms with Crippen molar-refractivity contribution in [3.05, 3.63) is 30.5 Å². The third-order valence-corrected chi connectivity index (χ3v) is 4.66. The van der Waals surface area contributed by atoms with Gasteiger partial charge in [-0.25, -0.2) is 13.1 Å². The van der Waals surface area contributed by atoms with Crippen LogP contribution in [0, 0.1) is 0 Å². The monoisotopic (exact) mass is 318 g/mol. The number of thioether (sulfide) groups is 1. The first-order valence-electron chi connectivity index (χ1n) is 6.46. The number of hydrogen-bond donors (Lipinski definition) is 2. The van der Waals surface area contributed by atoms with E-state index >= 15 is 0 Å². The van der Waals surface area contributed by atoms with Gasteiger partial charge in [0.1, 0.15) is 5.76 Å². The zero-order valence-electron chi connectivity index (χ0n) is 11.9. The van der Waals surface area contributed by atoms with Crippen LogP contribution in [0.1, 0.15) is 19.6 Å². The maximum absolute atomic E-state index is 12.0. The van der Waals surface area contributed by atoms with Crippen LogP contribution in [-0.2, 0) is 16.6 Å². The van der Waals surface area contributed by atoms with E-state index in [-0.39, 0.29) is 5.09 Å². The van der Waals surface area contributed by atoms with E-state index in [1.165, 1.54) is 6.07 Å². The topological polar surface area (TPSA) is 71.3 Å². The van der Waals surface area contributed by atoms with Gasteiger partial charge < -0.3 is 9.73 Å². The minimum atomic E-state index is -3.55. The Kier molecular flexibility index (Phi) is 7.36. The number of furan rings is 1. The molecule has 2 N–H and O–H groups in total. The summed E-state index contributed by atoms with van der Waals surface area (Å²) >= 11 is 1.62. The highest BCUT2D eigenvalue weighted by Gasteiger charge is 2.18. The molecule has 1 aromatic rings. The quantitative estimate of drug-likeness (QED) is 0.510. The van der Waals surface area contributed by atoms with Crippen molar-refractivity contribution in [3.8, 4) is 0 Å². The molecular weight excluding hydrogens is 296 g/mol. The van der Waals surface area contributed by atoms with E-state index in [0.29, 0.717) is 30.6 Å². The van der Waals surface area contributed by atoms with Gasteiger partial charge in [-0.05, 0) is 12.1 Å². The molecule has 20 heavy (non-hydrogen) atoms. The van der Waals surface area contributed by atoms with Gasteiger partial charge in [0.05, 0.1) is 6.54 Å². The van der Waals surface area contributed by atoms with Crippen molar-refractivity contribution >= 4 is 21.8 Å². The molecule has 1 rings (SSSR count). The van der Waals surface area contributed by atoms with E-state index < -0.39 is 10.0 Å². The first kappa shape index (κ1) is 17.3. The zero-order chi connectivity index (χ0) is 15.0. The molecule has 0 saturated carbocycles. The number of rotatable bonds is 10. The molecule has 0 saturated heterocycles. The summed E-state index contributed by atoms with van der Waals surface area (Å²) in [5, 5.41) is 3.14. The lowest BCUT2D eigenvalue weighted by molar-refractivity contribution is 0.393. The van der Waals surface area contributed by atoms with Crippen LogP contribution < -0.4 is 10.0 Å². The summed E-state index contributed by atoms with van der Waals surface area (Å²) in [6.45, 7) is 8.53. The van der Waals surface area contributed by atoms with Crippen LogP contribution in [0.15, 0.2) is 34.3 Å². The Hall–Kier alpha value is -0.760. The summed E-state index contributed by atoms with van der Waals surface area (Å²) < 4.78 is 31.8. The predicted molar refractivity (Wildman–Crippen MR) is 83.4 cm³/mol. The Morgan fingerprint density at radius 1 is 1.45 bits per heavy atom. The van der Waals surface area contributed by atoms with Gasteiger partial charge in [0.25, 0.3) is 10.0 Å². The van der Waals surface area contributed by atoms with Gasteiger partial charge in [-0.3, -0.25) is 0 Å². The lowest BCUT2D eigenvalue weighted by Gasteiger charge is -2.05. The fraction of sp³-hybridized carbons (Fsp3) is 0.538. The molecule has 0 aliphatic rings. The fourth-order valence-corrected chi connectivity index (χ4v) is 3.07. The molecule has 0 aliphatic carbocycles. The summed E-state index contributed by atoms with van der Waals surface area (Å²) in [6, 6.07) is 3.48. The third kappa shape index (κ3) is 6.13. The minimum Gasteiger partial charge on any atom is -0.447 e.